The number of aryl methyl sites for hydroxylation is 1. The Morgan fingerprint density at radius 2 is 2.30 bits per heavy atom. The molecule has 0 nitrogen and oxygen atoms in total. The molecule has 56 valence electrons. The standard InChI is InChI=1S/C9H14P/c1-10(2)8-7-9-5-3-4-6-9/h3-6H,7-8H2,1-2H3/q-1. The highest BCUT2D eigenvalue weighted by Gasteiger charge is 1.89. The summed E-state index contributed by atoms with van der Waals surface area (Å²) in [4.78, 5) is 0. The molecule has 0 heterocycles. The summed E-state index contributed by atoms with van der Waals surface area (Å²) >= 11 is 0. The Morgan fingerprint density at radius 1 is 1.50 bits per heavy atom. The maximum atomic E-state index is 2.33. The van der Waals surface area contributed by atoms with E-state index >= 15 is 0 Å². The first-order valence-corrected chi connectivity index (χ1v) is 6.06. The predicted octanol–water partition coefficient (Wildman–Crippen LogP) is 2.69. The molecule has 0 bridgehead atoms. The Kier molecular flexibility index (Phi) is 3.02. The van der Waals surface area contributed by atoms with Crippen LogP contribution < -0.4 is 0 Å². The summed E-state index contributed by atoms with van der Waals surface area (Å²) in [7, 11) is 0.295. The highest BCUT2D eigenvalue weighted by atomic mass is 31.1. The minimum Gasteiger partial charge on any atom is -0.211 e. The number of hydrogen-bond acceptors (Lipinski definition) is 0. The van der Waals surface area contributed by atoms with Crippen LogP contribution in [0, 0.1) is 0 Å². The van der Waals surface area contributed by atoms with Crippen LogP contribution >= 0.6 is 7.92 Å². The molecule has 0 spiro atoms. The summed E-state index contributed by atoms with van der Waals surface area (Å²) in [5, 5.41) is 0. The molecule has 1 heteroatoms. The van der Waals surface area contributed by atoms with E-state index < -0.39 is 0 Å². The SMILES string of the molecule is CP(C)CCc1cc[cH-]c1. The van der Waals surface area contributed by atoms with Crippen LogP contribution in [0.2, 0.25) is 0 Å². The van der Waals surface area contributed by atoms with E-state index in [-0.39, 0.29) is 0 Å². The largest absolute Gasteiger partial charge is 0.211 e. The normalized spacial score (nSPS) is 10.7. The van der Waals surface area contributed by atoms with Gasteiger partial charge in [-0.3, -0.25) is 0 Å². The van der Waals surface area contributed by atoms with Gasteiger partial charge in [0, 0.05) is 0 Å². The van der Waals surface area contributed by atoms with E-state index in [4.69, 9.17) is 0 Å². The molecule has 0 fully saturated rings. The summed E-state index contributed by atoms with van der Waals surface area (Å²) in [6.07, 6.45) is 2.64. The van der Waals surface area contributed by atoms with E-state index in [1.165, 1.54) is 18.1 Å². The van der Waals surface area contributed by atoms with Crippen LogP contribution in [0.5, 0.6) is 0 Å². The van der Waals surface area contributed by atoms with Crippen molar-refractivity contribution in [1.29, 1.82) is 0 Å². The second-order valence-electron chi connectivity index (χ2n) is 2.85. The van der Waals surface area contributed by atoms with Gasteiger partial charge in [-0.05, 0) is 19.5 Å². The maximum Gasteiger partial charge on any atom is -0.0405 e. The fourth-order valence-corrected chi connectivity index (χ4v) is 1.64. The molecule has 0 N–H and O–H groups in total. The van der Waals surface area contributed by atoms with Crippen molar-refractivity contribution >= 4 is 7.92 Å². The summed E-state index contributed by atoms with van der Waals surface area (Å²) in [6.45, 7) is 4.66. The molecule has 0 aliphatic rings. The molecule has 0 saturated carbocycles. The molecule has 0 atom stereocenters. The van der Waals surface area contributed by atoms with Crippen molar-refractivity contribution in [3.8, 4) is 0 Å². The fourth-order valence-electron chi connectivity index (χ4n) is 0.933. The average molecular weight is 153 g/mol. The summed E-state index contributed by atoms with van der Waals surface area (Å²) in [5.41, 5.74) is 1.50. The van der Waals surface area contributed by atoms with Gasteiger partial charge in [-0.25, -0.2) is 6.07 Å². The van der Waals surface area contributed by atoms with Crippen LogP contribution in [0.4, 0.5) is 0 Å². The van der Waals surface area contributed by atoms with Gasteiger partial charge in [0.15, 0.2) is 0 Å². The number of hydrogen-bond donors (Lipinski definition) is 0. The van der Waals surface area contributed by atoms with Gasteiger partial charge in [-0.1, -0.05) is 6.42 Å². The molecule has 0 aliphatic carbocycles. The summed E-state index contributed by atoms with van der Waals surface area (Å²) < 4.78 is 0. The number of rotatable bonds is 3. The molecule has 0 amide bonds. The molecular formula is C9H14P-. The molecule has 1 aromatic carbocycles. The molecule has 1 rings (SSSR count). The van der Waals surface area contributed by atoms with E-state index in [1.807, 2.05) is 0 Å². The topological polar surface area (TPSA) is 0 Å². The highest BCUT2D eigenvalue weighted by Crippen LogP contribution is 2.25. The van der Waals surface area contributed by atoms with Crippen molar-refractivity contribution in [3.05, 3.63) is 29.8 Å². The van der Waals surface area contributed by atoms with Crippen LogP contribution in [0.1, 0.15) is 5.56 Å². The fraction of sp³-hybridized carbons (Fsp3) is 0.444. The van der Waals surface area contributed by atoms with Gasteiger partial charge in [0.1, 0.15) is 0 Å². The molecule has 0 aromatic heterocycles. The second kappa shape index (κ2) is 3.83. The van der Waals surface area contributed by atoms with E-state index in [2.05, 4.69) is 37.6 Å². The lowest BCUT2D eigenvalue weighted by molar-refractivity contribution is 1.16. The zero-order valence-corrected chi connectivity index (χ0v) is 7.57. The predicted molar refractivity (Wildman–Crippen MR) is 49.4 cm³/mol. The van der Waals surface area contributed by atoms with Crippen LogP contribution in [0.25, 0.3) is 0 Å². The summed E-state index contributed by atoms with van der Waals surface area (Å²) in [5.74, 6) is 0. The molecule has 1 aromatic rings. The Morgan fingerprint density at radius 3 is 2.80 bits per heavy atom. The van der Waals surface area contributed by atoms with E-state index in [0.717, 1.165) is 0 Å². The van der Waals surface area contributed by atoms with Crippen molar-refractivity contribution in [2.45, 2.75) is 6.42 Å². The highest BCUT2D eigenvalue weighted by molar-refractivity contribution is 7.55. The Hall–Kier alpha value is -0.220. The first-order valence-electron chi connectivity index (χ1n) is 3.64. The average Bonchev–Trinajstić information content (AvgIpc) is 2.34. The lowest BCUT2D eigenvalue weighted by Gasteiger charge is -2.06. The quantitative estimate of drug-likeness (QED) is 0.462. The third-order valence-corrected chi connectivity index (χ3v) is 2.70. The van der Waals surface area contributed by atoms with Gasteiger partial charge in [0.05, 0.1) is 0 Å². The monoisotopic (exact) mass is 153 g/mol. The van der Waals surface area contributed by atoms with Crippen molar-refractivity contribution in [2.24, 2.45) is 0 Å². The van der Waals surface area contributed by atoms with Crippen LogP contribution in [-0.2, 0) is 6.42 Å². The Balaban J connectivity index is 2.28. The van der Waals surface area contributed by atoms with E-state index in [9.17, 15) is 0 Å². The van der Waals surface area contributed by atoms with E-state index in [1.54, 1.807) is 0 Å². The zero-order valence-electron chi connectivity index (χ0n) is 6.67. The van der Waals surface area contributed by atoms with E-state index in [0.29, 0.717) is 7.92 Å². The zero-order chi connectivity index (χ0) is 7.40. The van der Waals surface area contributed by atoms with Gasteiger partial charge < -0.3 is 0 Å². The smallest absolute Gasteiger partial charge is 0.0405 e. The van der Waals surface area contributed by atoms with Crippen LogP contribution in [0.15, 0.2) is 24.3 Å². The van der Waals surface area contributed by atoms with Crippen molar-refractivity contribution in [3.63, 3.8) is 0 Å². The van der Waals surface area contributed by atoms with Crippen molar-refractivity contribution < 1.29 is 0 Å². The molecular weight excluding hydrogens is 139 g/mol. The van der Waals surface area contributed by atoms with Gasteiger partial charge in [-0.15, -0.1) is 7.92 Å². The molecule has 10 heavy (non-hydrogen) atoms. The lowest BCUT2D eigenvalue weighted by Crippen LogP contribution is -1.86. The molecule has 0 radical (unpaired) electrons. The van der Waals surface area contributed by atoms with Gasteiger partial charge >= 0.3 is 0 Å². The van der Waals surface area contributed by atoms with Crippen molar-refractivity contribution in [2.75, 3.05) is 19.5 Å². The van der Waals surface area contributed by atoms with Gasteiger partial charge in [-0.2, -0.15) is 23.8 Å². The third-order valence-electron chi connectivity index (χ3n) is 1.58. The molecule has 0 saturated heterocycles. The molecule has 0 unspecified atom stereocenters. The van der Waals surface area contributed by atoms with Crippen LogP contribution in [-0.4, -0.2) is 19.5 Å². The molecule has 0 aliphatic heterocycles. The Labute approximate surface area is 64.4 Å². The van der Waals surface area contributed by atoms with Crippen molar-refractivity contribution in [1.82, 2.24) is 0 Å². The minimum absolute atomic E-state index is 0.295. The van der Waals surface area contributed by atoms with Crippen LogP contribution in [0.3, 0.4) is 0 Å². The first kappa shape index (κ1) is 7.88. The summed E-state index contributed by atoms with van der Waals surface area (Å²) in [6, 6.07) is 8.64. The Bertz CT molecular complexity index is 163. The second-order valence-corrected chi connectivity index (χ2v) is 5.45. The third kappa shape index (κ3) is 2.58. The van der Waals surface area contributed by atoms with Gasteiger partial charge in [0.2, 0.25) is 0 Å². The minimum atomic E-state index is 0.295. The van der Waals surface area contributed by atoms with Gasteiger partial charge in [0.25, 0.3) is 0 Å². The lowest BCUT2D eigenvalue weighted by atomic mass is 10.3. The maximum absolute atomic E-state index is 2.33. The first-order chi connectivity index (χ1) is 4.79.